The highest BCUT2D eigenvalue weighted by Crippen LogP contribution is 2.25. The molecule has 1 aliphatic rings. The van der Waals surface area contributed by atoms with Crippen molar-refractivity contribution < 1.29 is 14.7 Å². The SMILES string of the molecule is CCONC(=O)[C@@H]1CC[C@@H](O)C1. The first kappa shape index (κ1) is 9.48. The summed E-state index contributed by atoms with van der Waals surface area (Å²) in [6, 6.07) is 0. The molecule has 1 rings (SSSR count). The van der Waals surface area contributed by atoms with Gasteiger partial charge in [0, 0.05) is 5.92 Å². The number of rotatable bonds is 3. The van der Waals surface area contributed by atoms with Gasteiger partial charge in [0.05, 0.1) is 12.7 Å². The summed E-state index contributed by atoms with van der Waals surface area (Å²) in [5, 5.41) is 9.15. The van der Waals surface area contributed by atoms with Gasteiger partial charge < -0.3 is 5.11 Å². The number of hydrogen-bond donors (Lipinski definition) is 2. The molecule has 1 aliphatic carbocycles. The van der Waals surface area contributed by atoms with E-state index in [1.165, 1.54) is 0 Å². The summed E-state index contributed by atoms with van der Waals surface area (Å²) < 4.78 is 0. The molecule has 0 saturated heterocycles. The Morgan fingerprint density at radius 1 is 1.67 bits per heavy atom. The summed E-state index contributed by atoms with van der Waals surface area (Å²) >= 11 is 0. The maximum atomic E-state index is 11.2. The normalized spacial score (nSPS) is 28.8. The zero-order valence-corrected chi connectivity index (χ0v) is 7.25. The molecule has 2 N–H and O–H groups in total. The van der Waals surface area contributed by atoms with Gasteiger partial charge in [0.2, 0.25) is 5.91 Å². The van der Waals surface area contributed by atoms with Crippen LogP contribution in [0.2, 0.25) is 0 Å². The molecule has 12 heavy (non-hydrogen) atoms. The molecule has 0 aromatic carbocycles. The van der Waals surface area contributed by atoms with E-state index in [9.17, 15) is 4.79 Å². The van der Waals surface area contributed by atoms with E-state index in [2.05, 4.69) is 5.48 Å². The molecule has 0 unspecified atom stereocenters. The number of hydrogen-bond acceptors (Lipinski definition) is 3. The van der Waals surface area contributed by atoms with Crippen LogP contribution in [0, 0.1) is 5.92 Å². The van der Waals surface area contributed by atoms with Crippen molar-refractivity contribution >= 4 is 5.91 Å². The average molecular weight is 173 g/mol. The van der Waals surface area contributed by atoms with Crippen molar-refractivity contribution in [1.82, 2.24) is 5.48 Å². The van der Waals surface area contributed by atoms with Gasteiger partial charge in [0.15, 0.2) is 0 Å². The van der Waals surface area contributed by atoms with Gasteiger partial charge in [-0.1, -0.05) is 0 Å². The van der Waals surface area contributed by atoms with E-state index in [0.29, 0.717) is 13.0 Å². The molecule has 4 nitrogen and oxygen atoms in total. The van der Waals surface area contributed by atoms with Crippen molar-refractivity contribution in [3.05, 3.63) is 0 Å². The second kappa shape index (κ2) is 4.42. The van der Waals surface area contributed by atoms with Crippen molar-refractivity contribution in [3.8, 4) is 0 Å². The summed E-state index contributed by atoms with van der Waals surface area (Å²) in [5.74, 6) is -0.167. The fraction of sp³-hybridized carbons (Fsp3) is 0.875. The van der Waals surface area contributed by atoms with Crippen LogP contribution in [0.1, 0.15) is 26.2 Å². The van der Waals surface area contributed by atoms with Gasteiger partial charge >= 0.3 is 0 Å². The minimum absolute atomic E-state index is 0.0634. The number of hydroxylamine groups is 1. The monoisotopic (exact) mass is 173 g/mol. The lowest BCUT2D eigenvalue weighted by molar-refractivity contribution is -0.137. The van der Waals surface area contributed by atoms with Crippen LogP contribution in [0.3, 0.4) is 0 Å². The Hall–Kier alpha value is -0.610. The van der Waals surface area contributed by atoms with Crippen LogP contribution >= 0.6 is 0 Å². The van der Waals surface area contributed by atoms with E-state index in [0.717, 1.165) is 12.8 Å². The Kier molecular flexibility index (Phi) is 3.49. The van der Waals surface area contributed by atoms with Gasteiger partial charge in [-0.25, -0.2) is 5.48 Å². The molecule has 1 fully saturated rings. The molecule has 1 saturated carbocycles. The number of carbonyl (C=O) groups excluding carboxylic acids is 1. The molecule has 0 spiro atoms. The number of amides is 1. The predicted octanol–water partition coefficient (Wildman–Crippen LogP) is 0.215. The standard InChI is InChI=1S/C8H15NO3/c1-2-12-9-8(11)6-3-4-7(10)5-6/h6-7,10H,2-5H2,1H3,(H,9,11)/t6-,7-/m1/s1. The van der Waals surface area contributed by atoms with Crippen molar-refractivity contribution in [2.24, 2.45) is 5.92 Å². The lowest BCUT2D eigenvalue weighted by Gasteiger charge is -2.08. The zero-order valence-electron chi connectivity index (χ0n) is 7.25. The van der Waals surface area contributed by atoms with Crippen molar-refractivity contribution in [2.45, 2.75) is 32.3 Å². The first-order valence-electron chi connectivity index (χ1n) is 4.33. The number of nitrogens with one attached hydrogen (secondary N) is 1. The molecule has 2 atom stereocenters. The molecule has 0 radical (unpaired) electrons. The van der Waals surface area contributed by atoms with Crippen LogP contribution in [0.4, 0.5) is 0 Å². The fourth-order valence-corrected chi connectivity index (χ4v) is 1.42. The van der Waals surface area contributed by atoms with Crippen LogP contribution in [0.5, 0.6) is 0 Å². The highest BCUT2D eigenvalue weighted by atomic mass is 16.6. The quantitative estimate of drug-likeness (QED) is 0.600. The molecule has 0 heterocycles. The first-order valence-corrected chi connectivity index (χ1v) is 4.33. The minimum Gasteiger partial charge on any atom is -0.393 e. The van der Waals surface area contributed by atoms with Crippen molar-refractivity contribution in [1.29, 1.82) is 0 Å². The summed E-state index contributed by atoms with van der Waals surface area (Å²) in [4.78, 5) is 16.0. The smallest absolute Gasteiger partial charge is 0.246 e. The van der Waals surface area contributed by atoms with Gasteiger partial charge in [-0.05, 0) is 26.2 Å². The Labute approximate surface area is 71.9 Å². The van der Waals surface area contributed by atoms with Gasteiger partial charge in [-0.3, -0.25) is 9.63 Å². The van der Waals surface area contributed by atoms with E-state index in [1.807, 2.05) is 6.92 Å². The first-order chi connectivity index (χ1) is 5.74. The van der Waals surface area contributed by atoms with E-state index < -0.39 is 0 Å². The van der Waals surface area contributed by atoms with Crippen molar-refractivity contribution in [3.63, 3.8) is 0 Å². The van der Waals surface area contributed by atoms with Crippen LogP contribution < -0.4 is 5.48 Å². The molecule has 0 aromatic rings. The van der Waals surface area contributed by atoms with Crippen molar-refractivity contribution in [2.75, 3.05) is 6.61 Å². The Morgan fingerprint density at radius 2 is 2.42 bits per heavy atom. The van der Waals surface area contributed by atoms with Crippen LogP contribution in [-0.4, -0.2) is 23.7 Å². The number of carbonyl (C=O) groups is 1. The van der Waals surface area contributed by atoms with Gasteiger partial charge in [0.1, 0.15) is 0 Å². The number of aliphatic hydroxyl groups excluding tert-OH is 1. The molecule has 4 heteroatoms. The average Bonchev–Trinajstić information content (AvgIpc) is 2.47. The van der Waals surface area contributed by atoms with E-state index in [1.54, 1.807) is 0 Å². The van der Waals surface area contributed by atoms with Gasteiger partial charge in [-0.15, -0.1) is 0 Å². The fourth-order valence-electron chi connectivity index (χ4n) is 1.42. The lowest BCUT2D eigenvalue weighted by atomic mass is 10.1. The van der Waals surface area contributed by atoms with Gasteiger partial charge in [0.25, 0.3) is 0 Å². The highest BCUT2D eigenvalue weighted by Gasteiger charge is 2.28. The predicted molar refractivity (Wildman–Crippen MR) is 43.1 cm³/mol. The zero-order chi connectivity index (χ0) is 8.97. The van der Waals surface area contributed by atoms with Crippen LogP contribution in [0.25, 0.3) is 0 Å². The summed E-state index contributed by atoms with van der Waals surface area (Å²) in [6.45, 7) is 2.28. The molecule has 1 amide bonds. The Balaban J connectivity index is 2.23. The van der Waals surface area contributed by atoms with Crippen LogP contribution in [0.15, 0.2) is 0 Å². The third-order valence-corrected chi connectivity index (χ3v) is 2.09. The number of aliphatic hydroxyl groups is 1. The molecule has 0 aliphatic heterocycles. The summed E-state index contributed by atoms with van der Waals surface area (Å²) in [5.41, 5.74) is 2.34. The second-order valence-electron chi connectivity index (χ2n) is 3.06. The topological polar surface area (TPSA) is 58.6 Å². The van der Waals surface area contributed by atoms with E-state index in [4.69, 9.17) is 9.94 Å². The lowest BCUT2D eigenvalue weighted by Crippen LogP contribution is -2.29. The third-order valence-electron chi connectivity index (χ3n) is 2.09. The minimum atomic E-state index is -0.303. The third kappa shape index (κ3) is 2.46. The largest absolute Gasteiger partial charge is 0.393 e. The summed E-state index contributed by atoms with van der Waals surface area (Å²) in [7, 11) is 0. The van der Waals surface area contributed by atoms with Crippen LogP contribution in [-0.2, 0) is 9.63 Å². The maximum Gasteiger partial charge on any atom is 0.246 e. The molecule has 70 valence electrons. The Morgan fingerprint density at radius 3 is 2.92 bits per heavy atom. The van der Waals surface area contributed by atoms with E-state index >= 15 is 0 Å². The maximum absolute atomic E-state index is 11.2. The Bertz CT molecular complexity index is 160. The van der Waals surface area contributed by atoms with Gasteiger partial charge in [-0.2, -0.15) is 0 Å². The molecule has 0 aromatic heterocycles. The molecular formula is C8H15NO3. The van der Waals surface area contributed by atoms with E-state index in [-0.39, 0.29) is 17.9 Å². The molecular weight excluding hydrogens is 158 g/mol. The summed E-state index contributed by atoms with van der Waals surface area (Å²) in [6.07, 6.45) is 1.76. The second-order valence-corrected chi connectivity index (χ2v) is 3.06. The molecule has 0 bridgehead atoms. The highest BCUT2D eigenvalue weighted by molar-refractivity contribution is 5.77.